The lowest BCUT2D eigenvalue weighted by molar-refractivity contribution is -0.167. The van der Waals surface area contributed by atoms with Gasteiger partial charge in [-0.15, -0.1) is 0 Å². The Morgan fingerprint density at radius 3 is 1.08 bits per heavy atom. The third kappa shape index (κ3) is 50.7. The van der Waals surface area contributed by atoms with Gasteiger partial charge in [-0.05, 0) is 109 Å². The van der Waals surface area contributed by atoms with Crippen LogP contribution in [0.15, 0.2) is 122 Å². The molecule has 366 valence electrons. The van der Waals surface area contributed by atoms with Crippen molar-refractivity contribution in [2.24, 2.45) is 0 Å². The first-order valence-corrected chi connectivity index (χ1v) is 26.1. The first-order valence-electron chi connectivity index (χ1n) is 26.1. The number of hydrogen-bond acceptors (Lipinski definition) is 6. The van der Waals surface area contributed by atoms with Crippen molar-refractivity contribution in [2.45, 2.75) is 219 Å². The Morgan fingerprint density at radius 1 is 0.338 bits per heavy atom. The van der Waals surface area contributed by atoms with Crippen LogP contribution in [0.1, 0.15) is 213 Å². The molecule has 0 radical (unpaired) electrons. The SMILES string of the molecule is CC/C=C\C/C=C\C/C=C\C/C=C\C/C=C\CCCC(=O)OC(COC(=O)CCC/C=C\C/C=C\C/C=C\CC)COC(=O)CCCCCCCCCCCC/C=C\C=C/CCCCC. The van der Waals surface area contributed by atoms with Crippen molar-refractivity contribution in [2.75, 3.05) is 13.2 Å². The van der Waals surface area contributed by atoms with Crippen LogP contribution in [0.4, 0.5) is 0 Å². The highest BCUT2D eigenvalue weighted by Crippen LogP contribution is 2.13. The van der Waals surface area contributed by atoms with Gasteiger partial charge in [-0.3, -0.25) is 14.4 Å². The molecular formula is C59H94O6. The second kappa shape index (κ2) is 52.4. The van der Waals surface area contributed by atoms with E-state index in [-0.39, 0.29) is 44.0 Å². The molecule has 1 unspecified atom stereocenters. The normalized spacial score (nSPS) is 13.1. The van der Waals surface area contributed by atoms with Crippen molar-refractivity contribution in [3.8, 4) is 0 Å². The van der Waals surface area contributed by atoms with Crippen molar-refractivity contribution in [3.63, 3.8) is 0 Å². The largest absolute Gasteiger partial charge is 0.462 e. The summed E-state index contributed by atoms with van der Waals surface area (Å²) in [5.41, 5.74) is 0. The summed E-state index contributed by atoms with van der Waals surface area (Å²) in [4.78, 5) is 37.9. The fourth-order valence-corrected chi connectivity index (χ4v) is 6.61. The molecule has 0 aliphatic heterocycles. The fraction of sp³-hybridized carbons (Fsp3) is 0.610. The molecule has 0 spiro atoms. The molecular weight excluding hydrogens is 805 g/mol. The van der Waals surface area contributed by atoms with E-state index in [1.54, 1.807) is 0 Å². The quantitative estimate of drug-likeness (QED) is 0.0199. The Balaban J connectivity index is 4.50. The highest BCUT2D eigenvalue weighted by Gasteiger charge is 2.19. The van der Waals surface area contributed by atoms with E-state index in [9.17, 15) is 14.4 Å². The first-order chi connectivity index (χ1) is 32.0. The van der Waals surface area contributed by atoms with Gasteiger partial charge in [0, 0.05) is 19.3 Å². The van der Waals surface area contributed by atoms with E-state index in [0.717, 1.165) is 83.5 Å². The van der Waals surface area contributed by atoms with Crippen LogP contribution in [0, 0.1) is 0 Å². The van der Waals surface area contributed by atoms with Gasteiger partial charge in [0.2, 0.25) is 0 Å². The van der Waals surface area contributed by atoms with Gasteiger partial charge in [0.05, 0.1) is 0 Å². The second-order valence-corrected chi connectivity index (χ2v) is 16.7. The number of esters is 3. The Morgan fingerprint density at radius 2 is 0.662 bits per heavy atom. The zero-order valence-corrected chi connectivity index (χ0v) is 41.7. The molecule has 0 amide bonds. The molecule has 0 saturated heterocycles. The Bertz CT molecular complexity index is 1400. The lowest BCUT2D eigenvalue weighted by Crippen LogP contribution is -2.30. The standard InChI is InChI=1S/C59H94O6/c1-4-7-10-13-16-19-22-24-26-28-29-31-32-34-37-40-43-46-49-52-58(61)64-55-56(54-63-57(60)51-48-45-42-39-36-21-18-15-12-9-6-3)65-59(62)53-50-47-44-41-38-35-33-30-27-25-23-20-17-14-11-8-5-2/h8-9,11-12,16-22,24-25,27,33,35,39,41-42,44,56H,4-7,10,13-15,23,26,28-32,34,36-38,40,43,45-55H2,1-3H3/b11-8-,12-9-,19-16-,20-17-,21-18-,24-22-,27-25-,35-33-,42-39-,44-41-. The molecule has 65 heavy (non-hydrogen) atoms. The summed E-state index contributed by atoms with van der Waals surface area (Å²) in [6, 6.07) is 0. The average Bonchev–Trinajstić information content (AvgIpc) is 3.30. The molecule has 0 aliphatic rings. The van der Waals surface area contributed by atoms with Crippen LogP contribution in [0.5, 0.6) is 0 Å². The van der Waals surface area contributed by atoms with Gasteiger partial charge < -0.3 is 14.2 Å². The average molecular weight is 899 g/mol. The first kappa shape index (κ1) is 60.8. The van der Waals surface area contributed by atoms with Crippen LogP contribution in [0.2, 0.25) is 0 Å². The van der Waals surface area contributed by atoms with E-state index in [0.29, 0.717) is 19.3 Å². The smallest absolute Gasteiger partial charge is 0.306 e. The maximum atomic E-state index is 12.8. The number of ether oxygens (including phenoxy) is 3. The maximum absolute atomic E-state index is 12.8. The molecule has 0 aliphatic carbocycles. The summed E-state index contributed by atoms with van der Waals surface area (Å²) in [7, 11) is 0. The summed E-state index contributed by atoms with van der Waals surface area (Å²) in [6.07, 6.45) is 72.0. The van der Waals surface area contributed by atoms with Crippen molar-refractivity contribution >= 4 is 17.9 Å². The molecule has 1 atom stereocenters. The summed E-state index contributed by atoms with van der Waals surface area (Å²) in [5.74, 6) is -1.05. The van der Waals surface area contributed by atoms with E-state index < -0.39 is 6.10 Å². The van der Waals surface area contributed by atoms with Gasteiger partial charge in [0.1, 0.15) is 13.2 Å². The summed E-state index contributed by atoms with van der Waals surface area (Å²) >= 11 is 0. The third-order valence-corrected chi connectivity index (χ3v) is 10.5. The lowest BCUT2D eigenvalue weighted by atomic mass is 10.1. The van der Waals surface area contributed by atoms with Crippen LogP contribution in [-0.2, 0) is 28.6 Å². The molecule has 6 nitrogen and oxygen atoms in total. The molecule has 0 aromatic carbocycles. The van der Waals surface area contributed by atoms with E-state index in [1.807, 2.05) is 0 Å². The summed E-state index contributed by atoms with van der Waals surface area (Å²) in [6.45, 7) is 6.26. The van der Waals surface area contributed by atoms with E-state index >= 15 is 0 Å². The monoisotopic (exact) mass is 899 g/mol. The zero-order valence-electron chi connectivity index (χ0n) is 41.7. The summed E-state index contributed by atoms with van der Waals surface area (Å²) < 4.78 is 16.7. The predicted molar refractivity (Wildman–Crippen MR) is 279 cm³/mol. The highest BCUT2D eigenvalue weighted by molar-refractivity contribution is 5.71. The summed E-state index contributed by atoms with van der Waals surface area (Å²) in [5, 5.41) is 0. The van der Waals surface area contributed by atoms with Crippen LogP contribution in [0.3, 0.4) is 0 Å². The minimum Gasteiger partial charge on any atom is -0.462 e. The molecule has 0 N–H and O–H groups in total. The Labute approximate surface area is 399 Å². The van der Waals surface area contributed by atoms with E-state index in [4.69, 9.17) is 14.2 Å². The Hall–Kier alpha value is -4.19. The van der Waals surface area contributed by atoms with Crippen molar-refractivity contribution in [1.29, 1.82) is 0 Å². The number of carbonyl (C=O) groups excluding carboxylic acids is 3. The minimum absolute atomic E-state index is 0.121. The molecule has 0 bridgehead atoms. The van der Waals surface area contributed by atoms with Crippen molar-refractivity contribution in [1.82, 2.24) is 0 Å². The van der Waals surface area contributed by atoms with Gasteiger partial charge in [-0.1, -0.05) is 206 Å². The van der Waals surface area contributed by atoms with Crippen LogP contribution >= 0.6 is 0 Å². The number of carbonyl (C=O) groups is 3. The van der Waals surface area contributed by atoms with Gasteiger partial charge in [0.25, 0.3) is 0 Å². The number of allylic oxidation sites excluding steroid dienone is 20. The number of rotatable bonds is 45. The maximum Gasteiger partial charge on any atom is 0.306 e. The van der Waals surface area contributed by atoms with E-state index in [2.05, 4.69) is 142 Å². The van der Waals surface area contributed by atoms with Crippen molar-refractivity contribution < 1.29 is 28.6 Å². The predicted octanol–water partition coefficient (Wildman–Crippen LogP) is 17.3. The molecule has 6 heteroatoms. The number of hydrogen-bond donors (Lipinski definition) is 0. The lowest BCUT2D eigenvalue weighted by Gasteiger charge is -2.18. The fourth-order valence-electron chi connectivity index (χ4n) is 6.61. The van der Waals surface area contributed by atoms with Crippen LogP contribution < -0.4 is 0 Å². The Kier molecular flexibility index (Phi) is 49.1. The topological polar surface area (TPSA) is 78.9 Å². The molecule has 0 heterocycles. The van der Waals surface area contributed by atoms with Crippen LogP contribution in [-0.4, -0.2) is 37.2 Å². The molecule has 0 fully saturated rings. The molecule has 0 saturated carbocycles. The van der Waals surface area contributed by atoms with Gasteiger partial charge in [0.15, 0.2) is 6.10 Å². The van der Waals surface area contributed by atoms with E-state index in [1.165, 1.54) is 77.0 Å². The minimum atomic E-state index is -0.832. The molecule has 0 aromatic heterocycles. The second-order valence-electron chi connectivity index (χ2n) is 16.7. The number of unbranched alkanes of at least 4 members (excludes halogenated alkanes) is 15. The molecule has 0 aromatic rings. The van der Waals surface area contributed by atoms with Crippen molar-refractivity contribution in [3.05, 3.63) is 122 Å². The van der Waals surface area contributed by atoms with Gasteiger partial charge >= 0.3 is 17.9 Å². The zero-order chi connectivity index (χ0) is 47.2. The van der Waals surface area contributed by atoms with Gasteiger partial charge in [-0.25, -0.2) is 0 Å². The highest BCUT2D eigenvalue weighted by atomic mass is 16.6. The molecule has 0 rings (SSSR count). The third-order valence-electron chi connectivity index (χ3n) is 10.5. The van der Waals surface area contributed by atoms with Crippen LogP contribution in [0.25, 0.3) is 0 Å². The van der Waals surface area contributed by atoms with Gasteiger partial charge in [-0.2, -0.15) is 0 Å².